The molecule has 0 spiro atoms. The molecule has 2 rings (SSSR count). The maximum absolute atomic E-state index is 9.05. The number of nitrogens with zero attached hydrogens (tertiary/aromatic N) is 1. The lowest BCUT2D eigenvalue weighted by Gasteiger charge is -2.09. The average Bonchev–Trinajstić information content (AvgIpc) is 2.47. The van der Waals surface area contributed by atoms with Crippen molar-refractivity contribution in [3.05, 3.63) is 64.2 Å². The quantitative estimate of drug-likeness (QED) is 0.904. The van der Waals surface area contributed by atoms with Gasteiger partial charge in [-0.15, -0.1) is 0 Å². The third kappa shape index (κ3) is 3.74. The maximum atomic E-state index is 9.05. The van der Waals surface area contributed by atoms with Crippen molar-refractivity contribution in [3.8, 4) is 6.07 Å². The van der Waals surface area contributed by atoms with Crippen molar-refractivity contribution in [2.45, 2.75) is 13.2 Å². The van der Waals surface area contributed by atoms with Gasteiger partial charge in [0.2, 0.25) is 0 Å². The van der Waals surface area contributed by atoms with Gasteiger partial charge in [-0.25, -0.2) is 0 Å². The molecule has 20 heavy (non-hydrogen) atoms. The van der Waals surface area contributed by atoms with E-state index < -0.39 is 0 Å². The molecule has 0 fully saturated rings. The van der Waals surface area contributed by atoms with Crippen LogP contribution in [0.5, 0.6) is 0 Å². The first-order valence-corrected chi connectivity index (χ1v) is 6.61. The molecule has 3 nitrogen and oxygen atoms in total. The fraction of sp³-hybridized carbons (Fsp3) is 0.188. The average molecular weight is 287 g/mol. The summed E-state index contributed by atoms with van der Waals surface area (Å²) in [5.41, 5.74) is 3.61. The molecule has 0 aliphatic heterocycles. The minimum absolute atomic E-state index is 0.588. The van der Waals surface area contributed by atoms with E-state index >= 15 is 0 Å². The predicted octanol–water partition coefficient (Wildman–Crippen LogP) is 3.97. The van der Waals surface area contributed by atoms with E-state index in [2.05, 4.69) is 11.4 Å². The molecular formula is C16H15ClN2O. The van der Waals surface area contributed by atoms with Crippen molar-refractivity contribution in [2.75, 3.05) is 12.4 Å². The van der Waals surface area contributed by atoms with E-state index in [0.29, 0.717) is 23.7 Å². The van der Waals surface area contributed by atoms with E-state index in [1.165, 1.54) is 0 Å². The van der Waals surface area contributed by atoms with Gasteiger partial charge in [-0.1, -0.05) is 35.9 Å². The van der Waals surface area contributed by atoms with Crippen LogP contribution >= 0.6 is 11.6 Å². The van der Waals surface area contributed by atoms with Crippen molar-refractivity contribution in [3.63, 3.8) is 0 Å². The number of rotatable bonds is 5. The predicted molar refractivity (Wildman–Crippen MR) is 80.6 cm³/mol. The van der Waals surface area contributed by atoms with Gasteiger partial charge >= 0.3 is 0 Å². The number of methoxy groups -OCH3 is 1. The zero-order valence-corrected chi connectivity index (χ0v) is 11.9. The smallest absolute Gasteiger partial charge is 0.101 e. The Balaban J connectivity index is 2.05. The SMILES string of the molecule is COCc1ccc(CNc2cc(Cl)ccc2C#N)cc1. The van der Waals surface area contributed by atoms with Crippen molar-refractivity contribution in [2.24, 2.45) is 0 Å². The Morgan fingerprint density at radius 1 is 1.15 bits per heavy atom. The van der Waals surface area contributed by atoms with Crippen LogP contribution in [0.4, 0.5) is 5.69 Å². The minimum atomic E-state index is 0.588. The van der Waals surface area contributed by atoms with Gasteiger partial charge in [-0.3, -0.25) is 0 Å². The van der Waals surface area contributed by atoms with Crippen molar-refractivity contribution < 1.29 is 4.74 Å². The van der Waals surface area contributed by atoms with Crippen LogP contribution in [0.25, 0.3) is 0 Å². The summed E-state index contributed by atoms with van der Waals surface area (Å²) in [6.45, 7) is 1.25. The standard InChI is InChI=1S/C16H15ClN2O/c1-20-11-13-4-2-12(3-5-13)10-19-16-8-15(17)7-6-14(16)9-18/h2-8,19H,10-11H2,1H3. The Hall–Kier alpha value is -2.02. The van der Waals surface area contributed by atoms with Crippen LogP contribution in [0.1, 0.15) is 16.7 Å². The highest BCUT2D eigenvalue weighted by Gasteiger charge is 2.03. The number of nitriles is 1. The molecule has 0 unspecified atom stereocenters. The van der Waals surface area contributed by atoms with E-state index in [1.54, 1.807) is 25.3 Å². The van der Waals surface area contributed by atoms with Gasteiger partial charge in [0, 0.05) is 18.7 Å². The molecular weight excluding hydrogens is 272 g/mol. The number of anilines is 1. The Morgan fingerprint density at radius 3 is 2.50 bits per heavy atom. The molecule has 0 saturated carbocycles. The molecule has 0 aromatic heterocycles. The van der Waals surface area contributed by atoms with Crippen molar-refractivity contribution in [1.82, 2.24) is 0 Å². The second kappa shape index (κ2) is 6.95. The Morgan fingerprint density at radius 2 is 1.85 bits per heavy atom. The van der Waals surface area contributed by atoms with Crippen molar-refractivity contribution >= 4 is 17.3 Å². The van der Waals surface area contributed by atoms with Gasteiger partial charge in [-0.2, -0.15) is 5.26 Å². The van der Waals surface area contributed by atoms with Crippen LogP contribution in [-0.4, -0.2) is 7.11 Å². The lowest BCUT2D eigenvalue weighted by molar-refractivity contribution is 0.185. The molecule has 0 radical (unpaired) electrons. The molecule has 0 aliphatic carbocycles. The molecule has 0 bridgehead atoms. The highest BCUT2D eigenvalue weighted by Crippen LogP contribution is 2.21. The third-order valence-electron chi connectivity index (χ3n) is 2.92. The van der Waals surface area contributed by atoms with Crippen LogP contribution in [0.2, 0.25) is 5.02 Å². The topological polar surface area (TPSA) is 45.0 Å². The highest BCUT2D eigenvalue weighted by molar-refractivity contribution is 6.30. The lowest BCUT2D eigenvalue weighted by atomic mass is 10.1. The number of ether oxygens (including phenoxy) is 1. The second-order valence-corrected chi connectivity index (χ2v) is 4.84. The summed E-state index contributed by atoms with van der Waals surface area (Å²) in [6.07, 6.45) is 0. The summed E-state index contributed by atoms with van der Waals surface area (Å²) in [5.74, 6) is 0. The van der Waals surface area contributed by atoms with Crippen LogP contribution in [-0.2, 0) is 17.9 Å². The van der Waals surface area contributed by atoms with Gasteiger partial charge < -0.3 is 10.1 Å². The zero-order chi connectivity index (χ0) is 14.4. The fourth-order valence-corrected chi connectivity index (χ4v) is 2.05. The first-order chi connectivity index (χ1) is 9.72. The summed E-state index contributed by atoms with van der Waals surface area (Å²) in [6, 6.07) is 15.5. The number of hydrogen-bond acceptors (Lipinski definition) is 3. The number of hydrogen-bond donors (Lipinski definition) is 1. The summed E-state index contributed by atoms with van der Waals surface area (Å²) < 4.78 is 5.07. The molecule has 2 aromatic rings. The largest absolute Gasteiger partial charge is 0.380 e. The summed E-state index contributed by atoms with van der Waals surface area (Å²) in [7, 11) is 1.68. The molecule has 0 heterocycles. The summed E-state index contributed by atoms with van der Waals surface area (Å²) in [5, 5.41) is 12.9. The van der Waals surface area contributed by atoms with Gasteiger partial charge in [0.25, 0.3) is 0 Å². The van der Waals surface area contributed by atoms with Crippen LogP contribution in [0, 0.1) is 11.3 Å². The maximum Gasteiger partial charge on any atom is 0.101 e. The van der Waals surface area contributed by atoms with Gasteiger partial charge in [-0.05, 0) is 29.3 Å². The van der Waals surface area contributed by atoms with E-state index in [1.807, 2.05) is 24.3 Å². The van der Waals surface area contributed by atoms with E-state index in [0.717, 1.165) is 16.8 Å². The Labute approximate surface area is 123 Å². The summed E-state index contributed by atoms with van der Waals surface area (Å²) in [4.78, 5) is 0. The van der Waals surface area contributed by atoms with Crippen LogP contribution < -0.4 is 5.32 Å². The molecule has 0 saturated heterocycles. The fourth-order valence-electron chi connectivity index (χ4n) is 1.88. The van der Waals surface area contributed by atoms with E-state index in [9.17, 15) is 0 Å². The molecule has 0 atom stereocenters. The molecule has 1 N–H and O–H groups in total. The van der Waals surface area contributed by atoms with Crippen LogP contribution in [0.3, 0.4) is 0 Å². The van der Waals surface area contributed by atoms with Gasteiger partial charge in [0.05, 0.1) is 17.9 Å². The monoisotopic (exact) mass is 286 g/mol. The summed E-state index contributed by atoms with van der Waals surface area (Å²) >= 11 is 5.95. The van der Waals surface area contributed by atoms with Gasteiger partial charge in [0.15, 0.2) is 0 Å². The van der Waals surface area contributed by atoms with E-state index in [-0.39, 0.29) is 0 Å². The van der Waals surface area contributed by atoms with Crippen molar-refractivity contribution in [1.29, 1.82) is 5.26 Å². The molecule has 0 aliphatic rings. The van der Waals surface area contributed by atoms with E-state index in [4.69, 9.17) is 21.6 Å². The Bertz CT molecular complexity index is 617. The number of nitrogens with one attached hydrogen (secondary N) is 1. The zero-order valence-electron chi connectivity index (χ0n) is 11.2. The highest BCUT2D eigenvalue weighted by atomic mass is 35.5. The molecule has 4 heteroatoms. The minimum Gasteiger partial charge on any atom is -0.380 e. The number of halogens is 1. The second-order valence-electron chi connectivity index (χ2n) is 4.40. The molecule has 102 valence electrons. The van der Waals surface area contributed by atoms with Gasteiger partial charge in [0.1, 0.15) is 6.07 Å². The third-order valence-corrected chi connectivity index (χ3v) is 3.15. The van der Waals surface area contributed by atoms with Crippen LogP contribution in [0.15, 0.2) is 42.5 Å². The molecule has 0 amide bonds. The normalized spacial score (nSPS) is 10.1. The Kier molecular flexibility index (Phi) is 5.00. The first-order valence-electron chi connectivity index (χ1n) is 6.23. The lowest BCUT2D eigenvalue weighted by Crippen LogP contribution is -2.01. The molecule has 2 aromatic carbocycles. The number of benzene rings is 2. The first kappa shape index (κ1) is 14.4.